The van der Waals surface area contributed by atoms with Crippen molar-refractivity contribution in [2.75, 3.05) is 36.6 Å². The molecule has 0 radical (unpaired) electrons. The number of benzene rings is 1. The first-order valence-corrected chi connectivity index (χ1v) is 23.6. The number of carbonyl (C=O) groups excluding carboxylic acids is 9. The smallest absolute Gasteiger partial charge is 0.244 e. The Morgan fingerprint density at radius 3 is 1.65 bits per heavy atom. The molecule has 0 aliphatic rings. The van der Waals surface area contributed by atoms with Gasteiger partial charge in [-0.05, 0) is 63.0 Å². The van der Waals surface area contributed by atoms with Gasteiger partial charge in [-0.15, -0.1) is 0 Å². The normalized spacial score (nSPS) is 14.6. The number of nitrogens with one attached hydrogen (secondary N) is 10. The molecular formula is C40H67N13O9S3. The summed E-state index contributed by atoms with van der Waals surface area (Å²) in [6.07, 6.45) is 2.55. The maximum atomic E-state index is 13.7. The first-order valence-electron chi connectivity index (χ1n) is 20.9. The van der Waals surface area contributed by atoms with Crippen LogP contribution in [0, 0.1) is 11.3 Å². The predicted molar refractivity (Wildman–Crippen MR) is 254 cm³/mol. The number of thioether (sulfide) groups is 1. The Balaban J connectivity index is 3.02. The van der Waals surface area contributed by atoms with Gasteiger partial charge in [0.25, 0.3) is 0 Å². The summed E-state index contributed by atoms with van der Waals surface area (Å²) in [6.45, 7) is 5.98. The maximum Gasteiger partial charge on any atom is 0.244 e. The number of rotatable bonds is 30. The third-order valence-corrected chi connectivity index (χ3v) is 10.8. The Bertz CT molecular complexity index is 1780. The molecule has 0 spiro atoms. The molecular weight excluding hydrogens is 903 g/mol. The molecule has 22 nitrogen and oxygen atoms in total. The molecule has 1 rings (SSSR count). The molecule has 65 heavy (non-hydrogen) atoms. The number of carbonyl (C=O) groups is 9. The summed E-state index contributed by atoms with van der Waals surface area (Å²) in [5, 5.41) is 30.2. The van der Waals surface area contributed by atoms with Crippen LogP contribution in [0.5, 0.6) is 0 Å². The minimum absolute atomic E-state index is 0.0201. The summed E-state index contributed by atoms with van der Waals surface area (Å²) in [7, 11) is 0. The number of thiol groups is 2. The van der Waals surface area contributed by atoms with E-state index in [0.717, 1.165) is 5.56 Å². The van der Waals surface area contributed by atoms with Crippen molar-refractivity contribution in [2.24, 2.45) is 23.1 Å². The second-order valence-electron chi connectivity index (χ2n) is 15.5. The highest BCUT2D eigenvalue weighted by molar-refractivity contribution is 7.98. The van der Waals surface area contributed by atoms with Gasteiger partial charge in [-0.1, -0.05) is 44.2 Å². The fourth-order valence-electron chi connectivity index (χ4n) is 5.80. The van der Waals surface area contributed by atoms with Crippen LogP contribution in [0.4, 0.5) is 0 Å². The van der Waals surface area contributed by atoms with Crippen LogP contribution in [-0.4, -0.2) is 144 Å². The van der Waals surface area contributed by atoms with Gasteiger partial charge in [-0.25, -0.2) is 0 Å². The number of amides is 9. The van der Waals surface area contributed by atoms with E-state index in [9.17, 15) is 43.2 Å². The van der Waals surface area contributed by atoms with Gasteiger partial charge in [0.15, 0.2) is 5.96 Å². The molecule has 16 N–H and O–H groups in total. The lowest BCUT2D eigenvalue weighted by molar-refractivity contribution is -0.135. The third kappa shape index (κ3) is 23.0. The average molecular weight is 970 g/mol. The molecule has 0 saturated carbocycles. The summed E-state index contributed by atoms with van der Waals surface area (Å²) in [5.41, 5.74) is 17.3. The number of hydrogen-bond donors (Lipinski definition) is 15. The number of nitrogens with two attached hydrogens (primary N) is 3. The molecule has 25 heteroatoms. The molecule has 0 heterocycles. The SMILES string of the molecule is CSCC[C@H](NC(=O)[C@H](C)N)C(=O)N[C@@H](CS)C(=O)NCC(=O)N[C@@H](C)C(=O)N[C@@H](CCCNC(=N)N)C(=O)N[C@@H](CS)C(=O)N[C@@H](CC(C)C)C(=O)N[C@@H](Cc1ccccc1)C(N)=O. The van der Waals surface area contributed by atoms with Crippen LogP contribution in [0.15, 0.2) is 30.3 Å². The highest BCUT2D eigenvalue weighted by atomic mass is 32.2. The molecule has 0 fully saturated rings. The van der Waals surface area contributed by atoms with Crippen LogP contribution >= 0.6 is 37.0 Å². The zero-order valence-corrected chi connectivity index (χ0v) is 40.0. The molecule has 0 aliphatic heterocycles. The summed E-state index contributed by atoms with van der Waals surface area (Å²) in [4.78, 5) is 117. The Kier molecular flexibility index (Phi) is 27.4. The average Bonchev–Trinajstić information content (AvgIpc) is 3.25. The van der Waals surface area contributed by atoms with E-state index in [1.807, 2.05) is 20.1 Å². The van der Waals surface area contributed by atoms with E-state index < -0.39 is 108 Å². The van der Waals surface area contributed by atoms with Crippen molar-refractivity contribution in [2.45, 2.75) is 108 Å². The Morgan fingerprint density at radius 2 is 1.12 bits per heavy atom. The van der Waals surface area contributed by atoms with E-state index in [0.29, 0.717) is 5.75 Å². The van der Waals surface area contributed by atoms with Gasteiger partial charge in [0.2, 0.25) is 53.2 Å². The van der Waals surface area contributed by atoms with Gasteiger partial charge < -0.3 is 65.1 Å². The van der Waals surface area contributed by atoms with Gasteiger partial charge in [0.05, 0.1) is 12.6 Å². The fraction of sp³-hybridized carbons (Fsp3) is 0.600. The van der Waals surface area contributed by atoms with Gasteiger partial charge in [-0.2, -0.15) is 37.0 Å². The minimum Gasteiger partial charge on any atom is -0.370 e. The van der Waals surface area contributed by atoms with Crippen molar-refractivity contribution in [3.05, 3.63) is 35.9 Å². The van der Waals surface area contributed by atoms with Crippen LogP contribution in [0.25, 0.3) is 0 Å². The zero-order valence-electron chi connectivity index (χ0n) is 37.4. The van der Waals surface area contributed by atoms with Crippen LogP contribution < -0.4 is 65.1 Å². The Morgan fingerprint density at radius 1 is 0.631 bits per heavy atom. The van der Waals surface area contributed by atoms with Gasteiger partial charge in [0.1, 0.15) is 42.3 Å². The number of primary amides is 1. The van der Waals surface area contributed by atoms with Crippen LogP contribution in [0.2, 0.25) is 0 Å². The summed E-state index contributed by atoms with van der Waals surface area (Å²) in [5.74, 6) is -6.88. The minimum atomic E-state index is -1.31. The first kappa shape index (κ1) is 57.7. The largest absolute Gasteiger partial charge is 0.370 e. The van der Waals surface area contributed by atoms with E-state index in [1.54, 1.807) is 30.3 Å². The van der Waals surface area contributed by atoms with E-state index in [4.69, 9.17) is 22.6 Å². The second-order valence-corrected chi connectivity index (χ2v) is 17.2. The van der Waals surface area contributed by atoms with Gasteiger partial charge in [0, 0.05) is 24.5 Å². The molecule has 0 aromatic heterocycles. The lowest BCUT2D eigenvalue weighted by atomic mass is 10.0. The van der Waals surface area contributed by atoms with E-state index in [2.05, 4.69) is 73.1 Å². The number of guanidine groups is 1. The Labute approximate surface area is 394 Å². The van der Waals surface area contributed by atoms with E-state index in [1.165, 1.54) is 25.6 Å². The highest BCUT2D eigenvalue weighted by Crippen LogP contribution is 2.09. The second kappa shape index (κ2) is 30.8. The Hall–Kier alpha value is -5.27. The monoisotopic (exact) mass is 969 g/mol. The van der Waals surface area contributed by atoms with Crippen LogP contribution in [0.1, 0.15) is 58.9 Å². The van der Waals surface area contributed by atoms with E-state index in [-0.39, 0.29) is 62.0 Å². The van der Waals surface area contributed by atoms with Crippen LogP contribution in [0.3, 0.4) is 0 Å². The van der Waals surface area contributed by atoms with Gasteiger partial charge >= 0.3 is 0 Å². The van der Waals surface area contributed by atoms with Crippen molar-refractivity contribution in [3.8, 4) is 0 Å². The molecule has 8 atom stereocenters. The third-order valence-electron chi connectivity index (χ3n) is 9.38. The molecule has 1 aromatic carbocycles. The van der Waals surface area contributed by atoms with Gasteiger partial charge in [-0.3, -0.25) is 48.6 Å². The predicted octanol–water partition coefficient (Wildman–Crippen LogP) is -3.49. The molecule has 1 aromatic rings. The van der Waals surface area contributed by atoms with E-state index >= 15 is 0 Å². The summed E-state index contributed by atoms with van der Waals surface area (Å²) < 4.78 is 0. The maximum absolute atomic E-state index is 13.7. The summed E-state index contributed by atoms with van der Waals surface area (Å²) in [6, 6.07) is -0.198. The molecule has 0 unspecified atom stereocenters. The quantitative estimate of drug-likeness (QED) is 0.0154. The molecule has 9 amide bonds. The summed E-state index contributed by atoms with van der Waals surface area (Å²) >= 11 is 9.83. The van der Waals surface area contributed by atoms with Crippen LogP contribution in [-0.2, 0) is 49.6 Å². The van der Waals surface area contributed by atoms with Crippen molar-refractivity contribution in [1.82, 2.24) is 47.9 Å². The fourth-order valence-corrected chi connectivity index (χ4v) is 6.79. The lowest BCUT2D eigenvalue weighted by Crippen LogP contribution is -2.59. The molecule has 0 aliphatic carbocycles. The standard InChI is InChI=1S/C40H67N13O9S3/c1-21(2)16-28(38(61)50-27(32(42)55)17-24-10-7-6-8-11-24)51-39(62)30(20-64)53-36(59)25(12-9-14-45-40(43)44)49-34(57)23(4)47-31(54)18-46-35(58)29(19-63)52-37(60)26(13-15-65-5)48-33(56)22(3)41/h6-8,10-11,21-23,25-30,63-64H,9,12-20,41H2,1-5H3,(H2,42,55)(H,46,58)(H,47,54)(H,48,56)(H,49,57)(H,50,61)(H,51,62)(H,52,60)(H,53,59)(H4,43,44,45)/t22-,23-,25-,26-,27-,28-,29-,30-/m0/s1. The highest BCUT2D eigenvalue weighted by Gasteiger charge is 2.32. The lowest BCUT2D eigenvalue weighted by Gasteiger charge is -2.27. The van der Waals surface area contributed by atoms with Crippen molar-refractivity contribution < 1.29 is 43.2 Å². The van der Waals surface area contributed by atoms with Crippen molar-refractivity contribution in [3.63, 3.8) is 0 Å². The molecule has 364 valence electrons. The first-order chi connectivity index (χ1) is 30.6. The van der Waals surface area contributed by atoms with Crippen molar-refractivity contribution >= 4 is 96.1 Å². The topological polar surface area (TPSA) is 364 Å². The zero-order chi connectivity index (χ0) is 49.2. The number of hydrogen-bond acceptors (Lipinski definition) is 14. The van der Waals surface area contributed by atoms with Crippen molar-refractivity contribution in [1.29, 1.82) is 5.41 Å². The molecule has 0 bridgehead atoms. The molecule has 0 saturated heterocycles.